The third-order valence-electron chi connectivity index (χ3n) is 2.90. The topological polar surface area (TPSA) is 21.1 Å². The summed E-state index contributed by atoms with van der Waals surface area (Å²) < 4.78 is 2.08. The molecule has 1 aliphatic heterocycles. The van der Waals surface area contributed by atoms with Gasteiger partial charge in [0.25, 0.3) is 0 Å². The molecule has 0 unspecified atom stereocenters. The minimum absolute atomic E-state index is 0.645. The smallest absolute Gasteiger partial charge is 0.171 e. The summed E-state index contributed by atoms with van der Waals surface area (Å²) in [5.41, 5.74) is 0. The van der Waals surface area contributed by atoms with E-state index in [1.54, 1.807) is 0 Å². The van der Waals surface area contributed by atoms with Crippen molar-refractivity contribution in [1.82, 2.24) is 9.55 Å². The fourth-order valence-electron chi connectivity index (χ4n) is 2.01. The van der Waals surface area contributed by atoms with Crippen LogP contribution in [0.25, 0.3) is 0 Å². The fraction of sp³-hybridized carbons (Fsp3) is 0.700. The number of aryl methyl sites for hydroxylation is 1. The van der Waals surface area contributed by atoms with Gasteiger partial charge in [-0.3, -0.25) is 0 Å². The van der Waals surface area contributed by atoms with Gasteiger partial charge in [-0.05, 0) is 26.2 Å². The van der Waals surface area contributed by atoms with Gasteiger partial charge in [-0.25, -0.2) is 4.98 Å². The molecule has 0 aliphatic carbocycles. The van der Waals surface area contributed by atoms with Gasteiger partial charge in [-0.2, -0.15) is 0 Å². The highest BCUT2D eigenvalue weighted by Crippen LogP contribution is 2.27. The molecule has 0 radical (unpaired) electrons. The maximum Gasteiger partial charge on any atom is 0.171 e. The van der Waals surface area contributed by atoms with Gasteiger partial charge in [0.15, 0.2) is 5.15 Å². The zero-order valence-electron chi connectivity index (χ0n) is 8.76. The van der Waals surface area contributed by atoms with Gasteiger partial charge >= 0.3 is 0 Å². The summed E-state index contributed by atoms with van der Waals surface area (Å²) in [5.74, 6) is 2.07. The second-order valence-corrected chi connectivity index (χ2v) is 4.24. The molecule has 0 atom stereocenters. The normalized spacial score (nSPS) is 17.5. The maximum atomic E-state index is 6.11. The highest BCUT2D eigenvalue weighted by molar-refractivity contribution is 6.31. The molecule has 0 spiro atoms. The van der Waals surface area contributed by atoms with Crippen molar-refractivity contribution in [3.63, 3.8) is 0 Å². The predicted molar refractivity (Wildman–Crippen MR) is 59.0 cm³/mol. The number of hydrogen-bond donors (Lipinski definition) is 0. The first-order valence-corrected chi connectivity index (χ1v) is 5.51. The van der Waals surface area contributed by atoms with E-state index < -0.39 is 0 Å². The molecule has 4 heteroatoms. The number of aromatic nitrogens is 2. The van der Waals surface area contributed by atoms with Crippen molar-refractivity contribution in [1.29, 1.82) is 0 Å². The molecule has 1 fully saturated rings. The second-order valence-electron chi connectivity index (χ2n) is 3.88. The monoisotopic (exact) mass is 213 g/mol. The van der Waals surface area contributed by atoms with Crippen LogP contribution in [0.1, 0.15) is 25.1 Å². The molecule has 3 nitrogen and oxygen atoms in total. The van der Waals surface area contributed by atoms with Crippen molar-refractivity contribution >= 4 is 17.4 Å². The molecular formula is C10H16ClN3. The SMILES string of the molecule is Cc1nc(Cl)c(N2CCCCC2)n1C. The molecule has 1 aromatic heterocycles. The molecule has 2 heterocycles. The summed E-state index contributed by atoms with van der Waals surface area (Å²) in [5, 5.41) is 0.645. The number of anilines is 1. The van der Waals surface area contributed by atoms with Gasteiger partial charge in [-0.1, -0.05) is 11.6 Å². The van der Waals surface area contributed by atoms with Crippen LogP contribution in [0, 0.1) is 6.92 Å². The second kappa shape index (κ2) is 3.81. The summed E-state index contributed by atoms with van der Waals surface area (Å²) in [6, 6.07) is 0. The molecule has 0 bridgehead atoms. The first-order valence-electron chi connectivity index (χ1n) is 5.14. The highest BCUT2D eigenvalue weighted by atomic mass is 35.5. The van der Waals surface area contributed by atoms with E-state index in [9.17, 15) is 0 Å². The first-order chi connectivity index (χ1) is 6.70. The van der Waals surface area contributed by atoms with Gasteiger partial charge in [0.2, 0.25) is 0 Å². The van der Waals surface area contributed by atoms with E-state index in [1.165, 1.54) is 19.3 Å². The van der Waals surface area contributed by atoms with Crippen LogP contribution in [0.5, 0.6) is 0 Å². The van der Waals surface area contributed by atoms with E-state index in [2.05, 4.69) is 14.5 Å². The maximum absolute atomic E-state index is 6.11. The van der Waals surface area contributed by atoms with Gasteiger partial charge < -0.3 is 9.47 Å². The van der Waals surface area contributed by atoms with E-state index in [1.807, 2.05) is 14.0 Å². The van der Waals surface area contributed by atoms with Gasteiger partial charge in [0.1, 0.15) is 11.6 Å². The summed E-state index contributed by atoms with van der Waals surface area (Å²) in [4.78, 5) is 6.61. The van der Waals surface area contributed by atoms with Gasteiger partial charge in [0.05, 0.1) is 0 Å². The minimum Gasteiger partial charge on any atom is -0.355 e. The lowest BCUT2D eigenvalue weighted by Crippen LogP contribution is -2.31. The molecule has 1 aliphatic rings. The van der Waals surface area contributed by atoms with Crippen molar-refractivity contribution in [3.05, 3.63) is 11.0 Å². The summed E-state index contributed by atoms with van der Waals surface area (Å²) in [6.07, 6.45) is 3.87. The van der Waals surface area contributed by atoms with Crippen LogP contribution in [-0.4, -0.2) is 22.6 Å². The molecule has 1 saturated heterocycles. The van der Waals surface area contributed by atoms with Crippen molar-refractivity contribution < 1.29 is 0 Å². The summed E-state index contributed by atoms with van der Waals surface area (Å²) in [7, 11) is 2.03. The summed E-state index contributed by atoms with van der Waals surface area (Å²) >= 11 is 6.11. The van der Waals surface area contributed by atoms with Gasteiger partial charge in [0, 0.05) is 20.1 Å². The standard InChI is InChI=1S/C10H16ClN3/c1-8-12-9(11)10(13(8)2)14-6-4-3-5-7-14/h3-7H2,1-2H3. The predicted octanol–water partition coefficient (Wildman–Crippen LogP) is 2.37. The Hall–Kier alpha value is -0.700. The Kier molecular flexibility index (Phi) is 2.68. The Morgan fingerprint density at radius 1 is 1.21 bits per heavy atom. The molecule has 0 amide bonds. The van der Waals surface area contributed by atoms with Gasteiger partial charge in [-0.15, -0.1) is 0 Å². The zero-order chi connectivity index (χ0) is 10.1. The Morgan fingerprint density at radius 2 is 1.86 bits per heavy atom. The zero-order valence-corrected chi connectivity index (χ0v) is 9.51. The van der Waals surface area contributed by atoms with E-state index in [4.69, 9.17) is 11.6 Å². The highest BCUT2D eigenvalue weighted by Gasteiger charge is 2.19. The van der Waals surface area contributed by atoms with Crippen molar-refractivity contribution in [2.24, 2.45) is 7.05 Å². The number of halogens is 1. The quantitative estimate of drug-likeness (QED) is 0.714. The lowest BCUT2D eigenvalue weighted by atomic mass is 10.1. The average molecular weight is 214 g/mol. The molecule has 78 valence electrons. The average Bonchev–Trinajstić information content (AvgIpc) is 2.43. The molecular weight excluding hydrogens is 198 g/mol. The lowest BCUT2D eigenvalue weighted by Gasteiger charge is -2.28. The van der Waals surface area contributed by atoms with Crippen LogP contribution in [0.4, 0.5) is 5.82 Å². The molecule has 0 N–H and O–H groups in total. The number of piperidine rings is 1. The molecule has 0 saturated carbocycles. The van der Waals surface area contributed by atoms with Crippen LogP contribution in [0.15, 0.2) is 0 Å². The Balaban J connectivity index is 2.29. The summed E-state index contributed by atoms with van der Waals surface area (Å²) in [6.45, 7) is 4.21. The number of nitrogens with zero attached hydrogens (tertiary/aromatic N) is 3. The van der Waals surface area contributed by atoms with Crippen LogP contribution in [0.2, 0.25) is 5.15 Å². The van der Waals surface area contributed by atoms with Crippen LogP contribution in [-0.2, 0) is 7.05 Å². The number of hydrogen-bond acceptors (Lipinski definition) is 2. The Morgan fingerprint density at radius 3 is 2.36 bits per heavy atom. The number of imidazole rings is 1. The number of rotatable bonds is 1. The van der Waals surface area contributed by atoms with E-state index in [0.717, 1.165) is 24.7 Å². The Labute approximate surface area is 89.7 Å². The largest absolute Gasteiger partial charge is 0.355 e. The molecule has 14 heavy (non-hydrogen) atoms. The Bertz CT molecular complexity index is 326. The first kappa shape index (κ1) is 9.84. The third kappa shape index (κ3) is 1.61. The minimum atomic E-state index is 0.645. The van der Waals surface area contributed by atoms with Crippen LogP contribution < -0.4 is 4.90 Å². The third-order valence-corrected chi connectivity index (χ3v) is 3.16. The lowest BCUT2D eigenvalue weighted by molar-refractivity contribution is 0.566. The van der Waals surface area contributed by atoms with Crippen LogP contribution in [0.3, 0.4) is 0 Å². The van der Waals surface area contributed by atoms with E-state index in [-0.39, 0.29) is 0 Å². The molecule has 1 aromatic rings. The fourth-order valence-corrected chi connectivity index (χ4v) is 2.38. The molecule has 2 rings (SSSR count). The van der Waals surface area contributed by atoms with Crippen molar-refractivity contribution in [2.45, 2.75) is 26.2 Å². The van der Waals surface area contributed by atoms with Crippen LogP contribution >= 0.6 is 11.6 Å². The van der Waals surface area contributed by atoms with Crippen molar-refractivity contribution in [2.75, 3.05) is 18.0 Å². The van der Waals surface area contributed by atoms with E-state index in [0.29, 0.717) is 5.15 Å². The molecule has 0 aromatic carbocycles. The van der Waals surface area contributed by atoms with Crippen molar-refractivity contribution in [3.8, 4) is 0 Å². The van der Waals surface area contributed by atoms with E-state index >= 15 is 0 Å².